The largest absolute Gasteiger partial charge is 0.325 e. The van der Waals surface area contributed by atoms with E-state index in [-0.39, 0.29) is 12.3 Å². The van der Waals surface area contributed by atoms with E-state index in [9.17, 15) is 14.4 Å². The Balaban J connectivity index is 2.19. The van der Waals surface area contributed by atoms with Crippen molar-refractivity contribution in [3.05, 3.63) is 34.3 Å². The molecule has 6 heteroatoms. The van der Waals surface area contributed by atoms with Crippen LogP contribution in [0.15, 0.2) is 28.7 Å². The highest BCUT2D eigenvalue weighted by molar-refractivity contribution is 9.10. The maximum Gasteiger partial charge on any atom is 0.325 e. The van der Waals surface area contributed by atoms with E-state index in [1.165, 1.54) is 0 Å². The van der Waals surface area contributed by atoms with Crippen molar-refractivity contribution in [2.45, 2.75) is 19.4 Å². The van der Waals surface area contributed by atoms with Crippen molar-refractivity contribution in [2.24, 2.45) is 0 Å². The number of amides is 3. The van der Waals surface area contributed by atoms with Gasteiger partial charge in [-0.05, 0) is 19.9 Å². The van der Waals surface area contributed by atoms with Crippen LogP contribution in [0.25, 0.3) is 0 Å². The van der Waals surface area contributed by atoms with Gasteiger partial charge in [0.05, 0.1) is 6.54 Å². The summed E-state index contributed by atoms with van der Waals surface area (Å²) in [5, 5.41) is 2.54. The van der Waals surface area contributed by atoms with E-state index in [0.717, 1.165) is 4.90 Å². The molecule has 1 aliphatic rings. The lowest BCUT2D eigenvalue weighted by molar-refractivity contribution is -0.129. The lowest BCUT2D eigenvalue weighted by Crippen LogP contribution is -2.41. The molecule has 0 unspecified atom stereocenters. The van der Waals surface area contributed by atoms with Crippen LogP contribution in [-0.2, 0) is 4.79 Å². The summed E-state index contributed by atoms with van der Waals surface area (Å²) >= 11 is 3.27. The number of hydrogen-bond donors (Lipinski definition) is 1. The summed E-state index contributed by atoms with van der Waals surface area (Å²) in [6.45, 7) is 2.96. The van der Waals surface area contributed by atoms with Gasteiger partial charge in [-0.3, -0.25) is 14.5 Å². The number of nitrogens with zero attached hydrogens (tertiary/aromatic N) is 1. The van der Waals surface area contributed by atoms with Gasteiger partial charge in [0.2, 0.25) is 0 Å². The zero-order valence-corrected chi connectivity index (χ0v) is 12.2. The maximum atomic E-state index is 12.1. The second-order valence-electron chi connectivity index (χ2n) is 4.85. The molecule has 5 nitrogen and oxygen atoms in total. The van der Waals surface area contributed by atoms with Crippen molar-refractivity contribution in [3.63, 3.8) is 0 Å². The quantitative estimate of drug-likeness (QED) is 0.682. The van der Waals surface area contributed by atoms with Crippen LogP contribution in [0.3, 0.4) is 0 Å². The standard InChI is InChI=1S/C13H13BrN2O3/c1-13(2)11(18)16(12(19)15-13)7-10(17)8-5-3-4-6-9(8)14/h3-6H,7H2,1-2H3,(H,15,19). The molecule has 0 atom stereocenters. The van der Waals surface area contributed by atoms with E-state index in [1.54, 1.807) is 38.1 Å². The van der Waals surface area contributed by atoms with Gasteiger partial charge in [0.25, 0.3) is 5.91 Å². The molecule has 0 saturated carbocycles. The maximum absolute atomic E-state index is 12.1. The summed E-state index contributed by atoms with van der Waals surface area (Å²) in [6.07, 6.45) is 0. The van der Waals surface area contributed by atoms with Crippen LogP contribution < -0.4 is 5.32 Å². The molecule has 1 aliphatic heterocycles. The van der Waals surface area contributed by atoms with E-state index in [4.69, 9.17) is 0 Å². The number of Topliss-reactive ketones (excluding diaryl/α,β-unsaturated/α-hetero) is 1. The highest BCUT2D eigenvalue weighted by atomic mass is 79.9. The molecule has 0 spiro atoms. The Morgan fingerprint density at radius 3 is 2.47 bits per heavy atom. The predicted molar refractivity (Wildman–Crippen MR) is 72.8 cm³/mol. The molecule has 1 saturated heterocycles. The monoisotopic (exact) mass is 324 g/mol. The molecule has 3 amide bonds. The van der Waals surface area contributed by atoms with E-state index in [0.29, 0.717) is 10.0 Å². The number of hydrogen-bond acceptors (Lipinski definition) is 3. The fraction of sp³-hybridized carbons (Fsp3) is 0.308. The third-order valence-electron chi connectivity index (χ3n) is 2.92. The third kappa shape index (κ3) is 2.53. The van der Waals surface area contributed by atoms with Gasteiger partial charge in [0.1, 0.15) is 5.54 Å². The number of benzene rings is 1. The van der Waals surface area contributed by atoms with E-state index in [1.807, 2.05) is 0 Å². The van der Waals surface area contributed by atoms with Gasteiger partial charge < -0.3 is 5.32 Å². The Morgan fingerprint density at radius 2 is 1.95 bits per heavy atom. The number of carbonyl (C=O) groups is 3. The number of carbonyl (C=O) groups excluding carboxylic acids is 3. The highest BCUT2D eigenvalue weighted by Gasteiger charge is 2.44. The molecule has 0 aromatic heterocycles. The first-order valence-electron chi connectivity index (χ1n) is 5.75. The molecular formula is C13H13BrN2O3. The Labute approximate surface area is 119 Å². The van der Waals surface area contributed by atoms with Crippen molar-refractivity contribution >= 4 is 33.7 Å². The molecule has 0 bridgehead atoms. The van der Waals surface area contributed by atoms with Crippen LogP contribution in [0.4, 0.5) is 4.79 Å². The number of ketones is 1. The van der Waals surface area contributed by atoms with Gasteiger partial charge in [-0.2, -0.15) is 0 Å². The van der Waals surface area contributed by atoms with Gasteiger partial charge in [-0.15, -0.1) is 0 Å². The number of imide groups is 1. The minimum absolute atomic E-state index is 0.253. The Bertz CT molecular complexity index is 569. The smallest absolute Gasteiger partial charge is 0.324 e. The van der Waals surface area contributed by atoms with Gasteiger partial charge in [-0.1, -0.05) is 34.1 Å². The van der Waals surface area contributed by atoms with Gasteiger partial charge in [-0.25, -0.2) is 4.79 Å². The molecule has 1 N–H and O–H groups in total. The van der Waals surface area contributed by atoms with Crippen LogP contribution in [0.5, 0.6) is 0 Å². The first-order chi connectivity index (χ1) is 8.83. The zero-order chi connectivity index (χ0) is 14.2. The average molecular weight is 325 g/mol. The van der Waals surface area contributed by atoms with Crippen molar-refractivity contribution in [1.82, 2.24) is 10.2 Å². The van der Waals surface area contributed by atoms with Crippen LogP contribution in [0, 0.1) is 0 Å². The minimum Gasteiger partial charge on any atom is -0.324 e. The summed E-state index contributed by atoms with van der Waals surface area (Å²) < 4.78 is 0.645. The summed E-state index contributed by atoms with van der Waals surface area (Å²) in [4.78, 5) is 36.7. The minimum atomic E-state index is -0.953. The fourth-order valence-electron chi connectivity index (χ4n) is 1.88. The lowest BCUT2D eigenvalue weighted by Gasteiger charge is -2.15. The SMILES string of the molecule is CC1(C)NC(=O)N(CC(=O)c2ccccc2Br)C1=O. The molecule has 0 aliphatic carbocycles. The van der Waals surface area contributed by atoms with Crippen LogP contribution >= 0.6 is 15.9 Å². The topological polar surface area (TPSA) is 66.5 Å². The van der Waals surface area contributed by atoms with Crippen LogP contribution in [0.1, 0.15) is 24.2 Å². The molecule has 2 rings (SSSR count). The first kappa shape index (κ1) is 13.7. The molecule has 1 aromatic rings. The predicted octanol–water partition coefficient (Wildman–Crippen LogP) is 1.96. The highest BCUT2D eigenvalue weighted by Crippen LogP contribution is 2.20. The van der Waals surface area contributed by atoms with E-state index < -0.39 is 17.5 Å². The Hall–Kier alpha value is -1.69. The zero-order valence-electron chi connectivity index (χ0n) is 10.6. The molecule has 1 fully saturated rings. The van der Waals surface area contributed by atoms with E-state index >= 15 is 0 Å². The molecule has 1 aromatic carbocycles. The Kier molecular flexibility index (Phi) is 3.45. The fourth-order valence-corrected chi connectivity index (χ4v) is 2.38. The second kappa shape index (κ2) is 4.77. The molecule has 19 heavy (non-hydrogen) atoms. The number of halogens is 1. The molecular weight excluding hydrogens is 312 g/mol. The van der Waals surface area contributed by atoms with Crippen molar-refractivity contribution in [1.29, 1.82) is 0 Å². The van der Waals surface area contributed by atoms with Crippen LogP contribution in [0.2, 0.25) is 0 Å². The molecule has 0 radical (unpaired) electrons. The normalized spacial score (nSPS) is 17.5. The molecule has 100 valence electrons. The van der Waals surface area contributed by atoms with Crippen molar-refractivity contribution in [2.75, 3.05) is 6.54 Å². The number of urea groups is 1. The van der Waals surface area contributed by atoms with E-state index in [2.05, 4.69) is 21.2 Å². The number of rotatable bonds is 3. The van der Waals surface area contributed by atoms with Crippen LogP contribution in [-0.4, -0.2) is 34.7 Å². The average Bonchev–Trinajstić information content (AvgIpc) is 2.52. The molecule has 1 heterocycles. The van der Waals surface area contributed by atoms with Gasteiger partial charge in [0, 0.05) is 10.0 Å². The van der Waals surface area contributed by atoms with Crippen molar-refractivity contribution in [3.8, 4) is 0 Å². The first-order valence-corrected chi connectivity index (χ1v) is 6.54. The second-order valence-corrected chi connectivity index (χ2v) is 5.70. The number of nitrogens with one attached hydrogen (secondary N) is 1. The van der Waals surface area contributed by atoms with Crippen molar-refractivity contribution < 1.29 is 14.4 Å². The summed E-state index contributed by atoms with van der Waals surface area (Å²) in [5.41, 5.74) is -0.501. The lowest BCUT2D eigenvalue weighted by atomic mass is 10.1. The van der Waals surface area contributed by atoms with Gasteiger partial charge in [0.15, 0.2) is 5.78 Å². The summed E-state index contributed by atoms with van der Waals surface area (Å²) in [7, 11) is 0. The van der Waals surface area contributed by atoms with Gasteiger partial charge >= 0.3 is 6.03 Å². The Morgan fingerprint density at radius 1 is 1.32 bits per heavy atom. The third-order valence-corrected chi connectivity index (χ3v) is 3.61. The summed E-state index contributed by atoms with van der Waals surface area (Å²) in [6, 6.07) is 6.38. The summed E-state index contributed by atoms with van der Waals surface area (Å²) in [5.74, 6) is -0.674.